The first-order valence-electron chi connectivity index (χ1n) is 6.07. The number of benzene rings is 1. The number of hydrogen-bond donors (Lipinski definition) is 1. The summed E-state index contributed by atoms with van der Waals surface area (Å²) in [7, 11) is 1.94. The Morgan fingerprint density at radius 1 is 1.41 bits per heavy atom. The molecule has 0 aliphatic heterocycles. The summed E-state index contributed by atoms with van der Waals surface area (Å²) in [5.74, 6) is 1.71. The Hall–Kier alpha value is -0.990. The molecule has 1 saturated carbocycles. The van der Waals surface area contributed by atoms with Crippen molar-refractivity contribution in [3.05, 3.63) is 34.0 Å². The number of halogens is 1. The van der Waals surface area contributed by atoms with E-state index in [9.17, 15) is 0 Å². The van der Waals surface area contributed by atoms with Gasteiger partial charge >= 0.3 is 0 Å². The third kappa shape index (κ3) is 1.76. The van der Waals surface area contributed by atoms with Crippen molar-refractivity contribution in [1.29, 1.82) is 0 Å². The van der Waals surface area contributed by atoms with Crippen LogP contribution in [0.2, 0.25) is 5.02 Å². The Bertz CT molecular complexity index is 569. The van der Waals surface area contributed by atoms with E-state index in [2.05, 4.69) is 12.2 Å². The van der Waals surface area contributed by atoms with Crippen LogP contribution in [0.15, 0.2) is 16.5 Å². The Labute approximate surface area is 106 Å². The molecule has 17 heavy (non-hydrogen) atoms. The number of aryl methyl sites for hydroxylation is 1. The predicted molar refractivity (Wildman–Crippen MR) is 70.7 cm³/mol. The van der Waals surface area contributed by atoms with Gasteiger partial charge in [0.25, 0.3) is 0 Å². The third-order valence-electron chi connectivity index (χ3n) is 3.42. The Kier molecular flexibility index (Phi) is 2.64. The van der Waals surface area contributed by atoms with Crippen LogP contribution >= 0.6 is 11.6 Å². The van der Waals surface area contributed by atoms with Crippen molar-refractivity contribution in [2.45, 2.75) is 32.2 Å². The van der Waals surface area contributed by atoms with E-state index in [1.807, 2.05) is 19.2 Å². The molecule has 0 amide bonds. The second-order valence-corrected chi connectivity index (χ2v) is 5.22. The molecule has 1 aromatic heterocycles. The third-order valence-corrected chi connectivity index (χ3v) is 3.74. The molecule has 2 nitrogen and oxygen atoms in total. The van der Waals surface area contributed by atoms with Crippen molar-refractivity contribution < 1.29 is 4.42 Å². The lowest BCUT2D eigenvalue weighted by molar-refractivity contribution is 0.523. The minimum absolute atomic E-state index is 0.652. The summed E-state index contributed by atoms with van der Waals surface area (Å²) < 4.78 is 6.01. The maximum absolute atomic E-state index is 6.34. The zero-order valence-electron chi connectivity index (χ0n) is 10.1. The van der Waals surface area contributed by atoms with Gasteiger partial charge in [0.05, 0.1) is 11.6 Å². The van der Waals surface area contributed by atoms with Crippen LogP contribution in [0.3, 0.4) is 0 Å². The fourth-order valence-electron chi connectivity index (χ4n) is 2.46. The highest BCUT2D eigenvalue weighted by Gasteiger charge is 2.31. The van der Waals surface area contributed by atoms with Gasteiger partial charge in [0.15, 0.2) is 0 Å². The van der Waals surface area contributed by atoms with Gasteiger partial charge in [-0.05, 0) is 44.4 Å². The van der Waals surface area contributed by atoms with Gasteiger partial charge in [-0.25, -0.2) is 0 Å². The smallest absolute Gasteiger partial charge is 0.139 e. The zero-order chi connectivity index (χ0) is 12.0. The Balaban J connectivity index is 2.30. The van der Waals surface area contributed by atoms with E-state index in [0.717, 1.165) is 33.9 Å². The maximum atomic E-state index is 6.34. The molecule has 0 bridgehead atoms. The lowest BCUT2D eigenvalue weighted by atomic mass is 10.0. The number of hydrogen-bond acceptors (Lipinski definition) is 2. The van der Waals surface area contributed by atoms with Crippen molar-refractivity contribution in [3.8, 4) is 0 Å². The molecule has 1 N–H and O–H groups in total. The molecule has 1 aliphatic rings. The van der Waals surface area contributed by atoms with Crippen LogP contribution in [-0.2, 0) is 6.54 Å². The van der Waals surface area contributed by atoms with Gasteiger partial charge in [0.2, 0.25) is 0 Å². The monoisotopic (exact) mass is 249 g/mol. The molecule has 90 valence electrons. The minimum atomic E-state index is 0.652. The van der Waals surface area contributed by atoms with Gasteiger partial charge in [0.1, 0.15) is 11.3 Å². The highest BCUT2D eigenvalue weighted by atomic mass is 35.5. The highest BCUT2D eigenvalue weighted by molar-refractivity contribution is 6.35. The van der Waals surface area contributed by atoms with Crippen LogP contribution in [0.5, 0.6) is 0 Å². The number of rotatable bonds is 3. The SMILES string of the molecule is CNCc1oc2c(C)ccc(Cl)c2c1C1CC1. The van der Waals surface area contributed by atoms with E-state index in [1.165, 1.54) is 18.4 Å². The second kappa shape index (κ2) is 4.04. The average molecular weight is 250 g/mol. The van der Waals surface area contributed by atoms with Crippen LogP contribution in [0.25, 0.3) is 11.0 Å². The summed E-state index contributed by atoms with van der Waals surface area (Å²) in [6, 6.07) is 4.00. The first-order chi connectivity index (χ1) is 8.22. The minimum Gasteiger partial charge on any atom is -0.459 e. The number of nitrogens with one attached hydrogen (secondary N) is 1. The van der Waals surface area contributed by atoms with Crippen LogP contribution in [0.4, 0.5) is 0 Å². The van der Waals surface area contributed by atoms with Crippen LogP contribution in [0.1, 0.15) is 35.6 Å². The summed E-state index contributed by atoms with van der Waals surface area (Å²) in [4.78, 5) is 0. The molecule has 0 radical (unpaired) electrons. The van der Waals surface area contributed by atoms with Crippen molar-refractivity contribution >= 4 is 22.6 Å². The summed E-state index contributed by atoms with van der Waals surface area (Å²) in [5, 5.41) is 5.13. The van der Waals surface area contributed by atoms with Gasteiger partial charge in [-0.1, -0.05) is 17.7 Å². The molecule has 1 aliphatic carbocycles. The predicted octanol–water partition coefficient (Wildman–Crippen LogP) is 3.99. The molecule has 1 heterocycles. The standard InChI is InChI=1S/C14H16ClNO/c1-8-3-6-10(15)13-12(9-4-5-9)11(7-16-2)17-14(8)13/h3,6,9,16H,4-5,7H2,1-2H3. The van der Waals surface area contributed by atoms with E-state index in [4.69, 9.17) is 16.0 Å². The Morgan fingerprint density at radius 3 is 2.82 bits per heavy atom. The van der Waals surface area contributed by atoms with Gasteiger partial charge in [-0.3, -0.25) is 0 Å². The molecule has 3 heteroatoms. The second-order valence-electron chi connectivity index (χ2n) is 4.81. The molecule has 3 rings (SSSR count). The van der Waals surface area contributed by atoms with Crippen molar-refractivity contribution in [2.75, 3.05) is 7.05 Å². The van der Waals surface area contributed by atoms with E-state index in [-0.39, 0.29) is 0 Å². The van der Waals surface area contributed by atoms with Crippen LogP contribution < -0.4 is 5.32 Å². The van der Waals surface area contributed by atoms with Gasteiger partial charge in [0, 0.05) is 10.9 Å². The summed E-state index contributed by atoms with van der Waals surface area (Å²) in [6.07, 6.45) is 2.52. The molecule has 1 aromatic carbocycles. The Morgan fingerprint density at radius 2 is 2.18 bits per heavy atom. The topological polar surface area (TPSA) is 25.2 Å². The van der Waals surface area contributed by atoms with E-state index in [1.54, 1.807) is 0 Å². The first kappa shape index (κ1) is 11.1. The molecule has 0 spiro atoms. The van der Waals surface area contributed by atoms with Crippen molar-refractivity contribution in [1.82, 2.24) is 5.32 Å². The molecular weight excluding hydrogens is 234 g/mol. The largest absolute Gasteiger partial charge is 0.459 e. The van der Waals surface area contributed by atoms with Gasteiger partial charge < -0.3 is 9.73 Å². The van der Waals surface area contributed by atoms with E-state index < -0.39 is 0 Å². The van der Waals surface area contributed by atoms with Crippen molar-refractivity contribution in [3.63, 3.8) is 0 Å². The maximum Gasteiger partial charge on any atom is 0.139 e. The van der Waals surface area contributed by atoms with Crippen LogP contribution in [-0.4, -0.2) is 7.05 Å². The van der Waals surface area contributed by atoms with Crippen molar-refractivity contribution in [2.24, 2.45) is 0 Å². The molecule has 1 fully saturated rings. The summed E-state index contributed by atoms with van der Waals surface area (Å²) >= 11 is 6.34. The fraction of sp³-hybridized carbons (Fsp3) is 0.429. The molecule has 0 unspecified atom stereocenters. The van der Waals surface area contributed by atoms with Gasteiger partial charge in [-0.2, -0.15) is 0 Å². The summed E-state index contributed by atoms with van der Waals surface area (Å²) in [6.45, 7) is 2.85. The van der Waals surface area contributed by atoms with Gasteiger partial charge in [-0.15, -0.1) is 0 Å². The quantitative estimate of drug-likeness (QED) is 0.890. The zero-order valence-corrected chi connectivity index (χ0v) is 10.9. The lowest BCUT2D eigenvalue weighted by Gasteiger charge is -2.01. The highest BCUT2D eigenvalue weighted by Crippen LogP contribution is 2.48. The average Bonchev–Trinajstić information content (AvgIpc) is 3.06. The molecular formula is C14H16ClNO. The van der Waals surface area contributed by atoms with E-state index >= 15 is 0 Å². The lowest BCUT2D eigenvalue weighted by Crippen LogP contribution is -2.05. The molecule has 0 atom stereocenters. The molecule has 0 saturated heterocycles. The number of fused-ring (bicyclic) bond motifs is 1. The summed E-state index contributed by atoms with van der Waals surface area (Å²) in [5.41, 5.74) is 3.46. The number of furan rings is 1. The normalized spacial score (nSPS) is 15.7. The molecule has 2 aromatic rings. The fourth-order valence-corrected chi connectivity index (χ4v) is 2.71. The van der Waals surface area contributed by atoms with Crippen LogP contribution in [0, 0.1) is 6.92 Å². The first-order valence-corrected chi connectivity index (χ1v) is 6.45. The van der Waals surface area contributed by atoms with E-state index in [0.29, 0.717) is 5.92 Å².